The summed E-state index contributed by atoms with van der Waals surface area (Å²) in [6, 6.07) is 6.20. The van der Waals surface area contributed by atoms with E-state index in [1.165, 1.54) is 12.1 Å². The van der Waals surface area contributed by atoms with Gasteiger partial charge in [0.25, 0.3) is 0 Å². The molecule has 142 valence electrons. The van der Waals surface area contributed by atoms with Crippen LogP contribution in [0.2, 0.25) is 0 Å². The summed E-state index contributed by atoms with van der Waals surface area (Å²) in [5.74, 6) is 0.573. The van der Waals surface area contributed by atoms with Gasteiger partial charge >= 0.3 is 6.03 Å². The molecule has 0 unspecified atom stereocenters. The third kappa shape index (κ3) is 7.74. The van der Waals surface area contributed by atoms with E-state index in [4.69, 9.17) is 4.74 Å². The van der Waals surface area contributed by atoms with Crippen molar-refractivity contribution < 1.29 is 17.9 Å². The lowest BCUT2D eigenvalue weighted by molar-refractivity contribution is 0.165. The third-order valence-electron chi connectivity index (χ3n) is 3.57. The first kappa shape index (κ1) is 21.2. The van der Waals surface area contributed by atoms with Crippen molar-refractivity contribution in [3.05, 3.63) is 24.3 Å². The highest BCUT2D eigenvalue weighted by molar-refractivity contribution is 7.90. The van der Waals surface area contributed by atoms with Gasteiger partial charge in [-0.25, -0.2) is 13.2 Å². The SMILES string of the molecule is CC(C)N(CCOc1ccc(S(C)(=O)=O)cc1)C(=O)NCCN(C)C. The van der Waals surface area contributed by atoms with Gasteiger partial charge in [0.05, 0.1) is 11.4 Å². The predicted molar refractivity (Wildman–Crippen MR) is 98.8 cm³/mol. The summed E-state index contributed by atoms with van der Waals surface area (Å²) < 4.78 is 28.5. The topological polar surface area (TPSA) is 78.9 Å². The molecule has 1 aromatic carbocycles. The molecule has 0 radical (unpaired) electrons. The number of hydrogen-bond acceptors (Lipinski definition) is 5. The summed E-state index contributed by atoms with van der Waals surface area (Å²) >= 11 is 0. The van der Waals surface area contributed by atoms with E-state index in [1.54, 1.807) is 17.0 Å². The molecule has 7 nitrogen and oxygen atoms in total. The van der Waals surface area contributed by atoms with Crippen LogP contribution in [0.3, 0.4) is 0 Å². The number of nitrogens with one attached hydrogen (secondary N) is 1. The number of ether oxygens (including phenoxy) is 1. The summed E-state index contributed by atoms with van der Waals surface area (Å²) in [6.45, 7) is 6.04. The third-order valence-corrected chi connectivity index (χ3v) is 4.70. The summed E-state index contributed by atoms with van der Waals surface area (Å²) in [5.41, 5.74) is 0. The number of nitrogens with zero attached hydrogens (tertiary/aromatic N) is 2. The molecule has 0 saturated carbocycles. The number of amides is 2. The Morgan fingerprint density at radius 1 is 1.16 bits per heavy atom. The van der Waals surface area contributed by atoms with Crippen molar-refractivity contribution in [2.45, 2.75) is 24.8 Å². The number of carbonyl (C=O) groups is 1. The Morgan fingerprint density at radius 3 is 2.24 bits per heavy atom. The standard InChI is InChI=1S/C17H29N3O4S/c1-14(2)20(17(21)18-10-11-19(3)4)12-13-24-15-6-8-16(9-7-15)25(5,22)23/h6-9,14H,10-13H2,1-5H3,(H,18,21). The zero-order chi connectivity index (χ0) is 19.0. The number of hydrogen-bond donors (Lipinski definition) is 1. The van der Waals surface area contributed by atoms with Gasteiger partial charge in [0.15, 0.2) is 9.84 Å². The van der Waals surface area contributed by atoms with Gasteiger partial charge in [0.1, 0.15) is 12.4 Å². The van der Waals surface area contributed by atoms with Gasteiger partial charge in [0, 0.05) is 25.4 Å². The number of benzene rings is 1. The highest BCUT2D eigenvalue weighted by Crippen LogP contribution is 2.15. The molecule has 0 aliphatic carbocycles. The average molecular weight is 372 g/mol. The molecule has 2 amide bonds. The van der Waals surface area contributed by atoms with E-state index in [1.807, 2.05) is 32.8 Å². The number of likely N-dealkylation sites (N-methyl/N-ethyl adjacent to an activating group) is 1. The zero-order valence-corrected chi connectivity index (χ0v) is 16.5. The molecule has 0 fully saturated rings. The quantitative estimate of drug-likeness (QED) is 0.711. The maximum atomic E-state index is 12.2. The van der Waals surface area contributed by atoms with Gasteiger partial charge in [0.2, 0.25) is 0 Å². The van der Waals surface area contributed by atoms with Crippen LogP contribution in [0.25, 0.3) is 0 Å². The molecule has 0 saturated heterocycles. The van der Waals surface area contributed by atoms with Crippen molar-refractivity contribution in [2.24, 2.45) is 0 Å². The highest BCUT2D eigenvalue weighted by atomic mass is 32.2. The fourth-order valence-corrected chi connectivity index (χ4v) is 2.76. The Bertz CT molecular complexity index is 642. The highest BCUT2D eigenvalue weighted by Gasteiger charge is 2.16. The number of sulfone groups is 1. The smallest absolute Gasteiger partial charge is 0.317 e. The molecule has 1 N–H and O–H groups in total. The van der Waals surface area contributed by atoms with Crippen LogP contribution in [0.5, 0.6) is 5.75 Å². The Balaban J connectivity index is 2.51. The Morgan fingerprint density at radius 2 is 1.76 bits per heavy atom. The molecule has 0 aliphatic heterocycles. The largest absolute Gasteiger partial charge is 0.492 e. The Kier molecular flexibility index (Phi) is 8.18. The fourth-order valence-electron chi connectivity index (χ4n) is 2.13. The van der Waals surface area contributed by atoms with Crippen molar-refractivity contribution in [1.29, 1.82) is 0 Å². The monoisotopic (exact) mass is 371 g/mol. The molecule has 1 aromatic rings. The van der Waals surface area contributed by atoms with E-state index < -0.39 is 9.84 Å². The van der Waals surface area contributed by atoms with Crippen LogP contribution in [-0.4, -0.2) is 76.9 Å². The van der Waals surface area contributed by atoms with E-state index in [0.29, 0.717) is 25.4 Å². The lowest BCUT2D eigenvalue weighted by Gasteiger charge is -2.27. The minimum absolute atomic E-state index is 0.0515. The van der Waals surface area contributed by atoms with Crippen LogP contribution < -0.4 is 10.1 Å². The molecule has 0 aromatic heterocycles. The van der Waals surface area contributed by atoms with Crippen molar-refractivity contribution in [2.75, 3.05) is 46.6 Å². The lowest BCUT2D eigenvalue weighted by atomic mass is 10.3. The van der Waals surface area contributed by atoms with Crippen molar-refractivity contribution >= 4 is 15.9 Å². The van der Waals surface area contributed by atoms with Gasteiger partial charge < -0.3 is 19.9 Å². The summed E-state index contributed by atoms with van der Waals surface area (Å²) in [7, 11) is 0.696. The minimum atomic E-state index is -3.21. The van der Waals surface area contributed by atoms with Crippen LogP contribution >= 0.6 is 0 Å². The molecule has 8 heteroatoms. The molecule has 0 aliphatic rings. The zero-order valence-electron chi connectivity index (χ0n) is 15.7. The molecular weight excluding hydrogens is 342 g/mol. The molecule has 0 spiro atoms. The summed E-state index contributed by atoms with van der Waals surface area (Å²) in [4.78, 5) is 16.2. The van der Waals surface area contributed by atoms with Crippen LogP contribution in [0.15, 0.2) is 29.2 Å². The Labute approximate surface area is 150 Å². The van der Waals surface area contributed by atoms with Gasteiger partial charge in [-0.15, -0.1) is 0 Å². The van der Waals surface area contributed by atoms with Crippen molar-refractivity contribution in [3.63, 3.8) is 0 Å². The van der Waals surface area contributed by atoms with E-state index in [2.05, 4.69) is 5.32 Å². The maximum absolute atomic E-state index is 12.2. The molecule has 0 bridgehead atoms. The van der Waals surface area contributed by atoms with Gasteiger partial charge in [-0.1, -0.05) is 0 Å². The van der Waals surface area contributed by atoms with Crippen molar-refractivity contribution in [1.82, 2.24) is 15.1 Å². The fraction of sp³-hybridized carbons (Fsp3) is 0.588. The normalized spacial score (nSPS) is 11.6. The Hall–Kier alpha value is -1.80. The first-order valence-electron chi connectivity index (χ1n) is 8.23. The number of rotatable bonds is 9. The van der Waals surface area contributed by atoms with Gasteiger partial charge in [-0.05, 0) is 52.2 Å². The molecular formula is C17H29N3O4S. The first-order valence-corrected chi connectivity index (χ1v) is 10.1. The molecule has 1 rings (SSSR count). The van der Waals surface area contributed by atoms with Crippen LogP contribution in [0, 0.1) is 0 Å². The molecule has 0 heterocycles. The average Bonchev–Trinajstić information content (AvgIpc) is 2.50. The van der Waals surface area contributed by atoms with Crippen LogP contribution in [0.4, 0.5) is 4.79 Å². The summed E-state index contributed by atoms with van der Waals surface area (Å²) in [5, 5.41) is 2.89. The lowest BCUT2D eigenvalue weighted by Crippen LogP contribution is -2.47. The van der Waals surface area contributed by atoms with E-state index in [-0.39, 0.29) is 17.0 Å². The number of carbonyl (C=O) groups excluding carboxylic acids is 1. The van der Waals surface area contributed by atoms with Crippen LogP contribution in [0.1, 0.15) is 13.8 Å². The van der Waals surface area contributed by atoms with E-state index >= 15 is 0 Å². The minimum Gasteiger partial charge on any atom is -0.492 e. The molecule has 25 heavy (non-hydrogen) atoms. The van der Waals surface area contributed by atoms with Crippen molar-refractivity contribution in [3.8, 4) is 5.75 Å². The van der Waals surface area contributed by atoms with E-state index in [9.17, 15) is 13.2 Å². The van der Waals surface area contributed by atoms with Gasteiger partial charge in [-0.3, -0.25) is 0 Å². The van der Waals surface area contributed by atoms with E-state index in [0.717, 1.165) is 12.8 Å². The predicted octanol–water partition coefficient (Wildman–Crippen LogP) is 1.45. The van der Waals surface area contributed by atoms with Crippen LogP contribution in [-0.2, 0) is 9.84 Å². The van der Waals surface area contributed by atoms with Gasteiger partial charge in [-0.2, -0.15) is 0 Å². The second-order valence-corrected chi connectivity index (χ2v) is 8.43. The second-order valence-electron chi connectivity index (χ2n) is 6.41. The second kappa shape index (κ2) is 9.62. The number of urea groups is 1. The maximum Gasteiger partial charge on any atom is 0.317 e. The first-order chi connectivity index (χ1) is 11.6. The molecule has 0 atom stereocenters. The summed E-state index contributed by atoms with van der Waals surface area (Å²) in [6.07, 6.45) is 1.16.